The Morgan fingerprint density at radius 2 is 1.47 bits per heavy atom. The van der Waals surface area contributed by atoms with Crippen molar-refractivity contribution in [3.63, 3.8) is 0 Å². The highest BCUT2D eigenvalue weighted by Gasteiger charge is 2.22. The van der Waals surface area contributed by atoms with E-state index in [-0.39, 0.29) is 5.41 Å². The highest BCUT2D eigenvalue weighted by atomic mass is 16.3. The average molecular weight is 262 g/mol. The van der Waals surface area contributed by atoms with E-state index in [0.29, 0.717) is 5.75 Å². The third-order valence-electron chi connectivity index (χ3n) is 4.22. The Balaban J connectivity index is 3.04. The van der Waals surface area contributed by atoms with E-state index >= 15 is 0 Å². The van der Waals surface area contributed by atoms with Crippen molar-refractivity contribution in [2.24, 2.45) is 0 Å². The first-order valence-corrected chi connectivity index (χ1v) is 7.81. The second-order valence-electron chi connectivity index (χ2n) is 6.19. The van der Waals surface area contributed by atoms with Gasteiger partial charge in [0.1, 0.15) is 5.75 Å². The van der Waals surface area contributed by atoms with Gasteiger partial charge in [0.25, 0.3) is 0 Å². The van der Waals surface area contributed by atoms with E-state index in [1.54, 1.807) is 0 Å². The van der Waals surface area contributed by atoms with Crippen molar-refractivity contribution in [1.29, 1.82) is 0 Å². The van der Waals surface area contributed by atoms with Crippen molar-refractivity contribution in [3.8, 4) is 5.75 Å². The molecule has 0 aromatic heterocycles. The van der Waals surface area contributed by atoms with Crippen molar-refractivity contribution < 1.29 is 5.11 Å². The largest absolute Gasteiger partial charge is 0.507 e. The molecule has 0 aliphatic heterocycles. The van der Waals surface area contributed by atoms with Crippen LogP contribution in [-0.2, 0) is 18.3 Å². The SMILES string of the molecule is CCCCCC(C)(C)c1cc(CC)c(O)c(CC)c1. The van der Waals surface area contributed by atoms with Gasteiger partial charge in [0.15, 0.2) is 0 Å². The number of hydrogen-bond acceptors (Lipinski definition) is 1. The molecule has 0 saturated carbocycles. The molecule has 0 aliphatic rings. The zero-order valence-corrected chi connectivity index (χ0v) is 13.3. The lowest BCUT2D eigenvalue weighted by molar-refractivity contribution is 0.442. The van der Waals surface area contributed by atoms with Crippen LogP contribution in [0.2, 0.25) is 0 Å². The third kappa shape index (κ3) is 3.99. The second-order valence-corrected chi connectivity index (χ2v) is 6.19. The monoisotopic (exact) mass is 262 g/mol. The Morgan fingerprint density at radius 1 is 0.947 bits per heavy atom. The fraction of sp³-hybridized carbons (Fsp3) is 0.667. The van der Waals surface area contributed by atoms with Gasteiger partial charge >= 0.3 is 0 Å². The molecule has 0 aliphatic carbocycles. The summed E-state index contributed by atoms with van der Waals surface area (Å²) in [6.45, 7) is 11.1. The molecule has 108 valence electrons. The topological polar surface area (TPSA) is 20.2 Å². The lowest BCUT2D eigenvalue weighted by atomic mass is 9.78. The van der Waals surface area contributed by atoms with Crippen molar-refractivity contribution >= 4 is 0 Å². The molecule has 1 aromatic carbocycles. The van der Waals surface area contributed by atoms with Gasteiger partial charge in [0.2, 0.25) is 0 Å². The minimum atomic E-state index is 0.205. The Morgan fingerprint density at radius 3 is 1.89 bits per heavy atom. The molecule has 0 amide bonds. The molecular formula is C18H30O. The normalized spacial score (nSPS) is 11.8. The summed E-state index contributed by atoms with van der Waals surface area (Å²) in [5.74, 6) is 0.512. The predicted octanol–water partition coefficient (Wildman–Crippen LogP) is 5.37. The van der Waals surface area contributed by atoms with Gasteiger partial charge in [-0.3, -0.25) is 0 Å². The van der Waals surface area contributed by atoms with Crippen molar-refractivity contribution in [1.82, 2.24) is 0 Å². The number of benzene rings is 1. The minimum absolute atomic E-state index is 0.205. The number of phenolic OH excluding ortho intramolecular Hbond substituents is 1. The Hall–Kier alpha value is -0.980. The van der Waals surface area contributed by atoms with Crippen LogP contribution in [-0.4, -0.2) is 5.11 Å². The number of unbranched alkanes of at least 4 members (excludes halogenated alkanes) is 2. The van der Waals surface area contributed by atoms with Crippen LogP contribution < -0.4 is 0 Å². The Labute approximate surface area is 119 Å². The molecule has 0 unspecified atom stereocenters. The number of aryl methyl sites for hydroxylation is 2. The van der Waals surface area contributed by atoms with Crippen LogP contribution in [0.1, 0.15) is 77.0 Å². The van der Waals surface area contributed by atoms with Crippen LogP contribution in [0.15, 0.2) is 12.1 Å². The quantitative estimate of drug-likeness (QED) is 0.654. The van der Waals surface area contributed by atoms with E-state index in [1.165, 1.54) is 31.2 Å². The molecule has 1 aromatic rings. The third-order valence-corrected chi connectivity index (χ3v) is 4.22. The molecule has 0 bridgehead atoms. The van der Waals surface area contributed by atoms with Gasteiger partial charge < -0.3 is 5.11 Å². The van der Waals surface area contributed by atoms with Gasteiger partial charge in [-0.25, -0.2) is 0 Å². The van der Waals surface area contributed by atoms with Gasteiger partial charge in [-0.15, -0.1) is 0 Å². The van der Waals surface area contributed by atoms with Gasteiger partial charge in [-0.2, -0.15) is 0 Å². The van der Waals surface area contributed by atoms with Crippen LogP contribution in [0, 0.1) is 0 Å². The zero-order chi connectivity index (χ0) is 14.5. The number of hydrogen-bond donors (Lipinski definition) is 1. The lowest BCUT2D eigenvalue weighted by Gasteiger charge is -2.27. The molecule has 0 heterocycles. The first-order valence-electron chi connectivity index (χ1n) is 7.81. The van der Waals surface area contributed by atoms with Crippen LogP contribution in [0.3, 0.4) is 0 Å². The summed E-state index contributed by atoms with van der Waals surface area (Å²) >= 11 is 0. The highest BCUT2D eigenvalue weighted by molar-refractivity contribution is 5.45. The summed E-state index contributed by atoms with van der Waals surface area (Å²) in [6.07, 6.45) is 6.88. The molecule has 0 radical (unpaired) electrons. The molecule has 1 N–H and O–H groups in total. The van der Waals surface area contributed by atoms with Crippen LogP contribution in [0.5, 0.6) is 5.75 Å². The molecule has 0 saturated heterocycles. The second kappa shape index (κ2) is 6.98. The maximum absolute atomic E-state index is 10.2. The maximum atomic E-state index is 10.2. The van der Waals surface area contributed by atoms with E-state index in [2.05, 4.69) is 46.8 Å². The summed E-state index contributed by atoms with van der Waals surface area (Å²) in [6, 6.07) is 4.42. The fourth-order valence-corrected chi connectivity index (χ4v) is 2.65. The maximum Gasteiger partial charge on any atom is 0.121 e. The van der Waals surface area contributed by atoms with Crippen molar-refractivity contribution in [2.45, 2.75) is 78.6 Å². The fourth-order valence-electron chi connectivity index (χ4n) is 2.65. The standard InChI is InChI=1S/C18H30O/c1-6-9-10-11-18(4,5)16-12-14(7-2)17(19)15(8-3)13-16/h12-13,19H,6-11H2,1-5H3. The van der Waals surface area contributed by atoms with Crippen molar-refractivity contribution in [2.75, 3.05) is 0 Å². The minimum Gasteiger partial charge on any atom is -0.507 e. The Kier molecular flexibility index (Phi) is 5.90. The van der Waals surface area contributed by atoms with Crippen LogP contribution in [0.4, 0.5) is 0 Å². The number of rotatable bonds is 7. The summed E-state index contributed by atoms with van der Waals surface area (Å²) in [7, 11) is 0. The Bertz CT molecular complexity index is 379. The van der Waals surface area contributed by atoms with E-state index in [4.69, 9.17) is 0 Å². The molecule has 1 nitrogen and oxygen atoms in total. The molecule has 0 fully saturated rings. The van der Waals surface area contributed by atoms with E-state index in [0.717, 1.165) is 24.0 Å². The van der Waals surface area contributed by atoms with Gasteiger partial charge in [-0.05, 0) is 41.4 Å². The van der Waals surface area contributed by atoms with Gasteiger partial charge in [-0.1, -0.05) is 66.0 Å². The van der Waals surface area contributed by atoms with E-state index < -0.39 is 0 Å². The van der Waals surface area contributed by atoms with Gasteiger partial charge in [0, 0.05) is 0 Å². The number of phenols is 1. The first-order chi connectivity index (χ1) is 8.96. The molecule has 0 spiro atoms. The smallest absolute Gasteiger partial charge is 0.121 e. The van der Waals surface area contributed by atoms with Crippen molar-refractivity contribution in [3.05, 3.63) is 28.8 Å². The van der Waals surface area contributed by atoms with Crippen LogP contribution in [0.25, 0.3) is 0 Å². The molecular weight excluding hydrogens is 232 g/mol. The molecule has 0 atom stereocenters. The van der Waals surface area contributed by atoms with E-state index in [1.807, 2.05) is 0 Å². The summed E-state index contributed by atoms with van der Waals surface area (Å²) in [4.78, 5) is 0. The molecule has 1 rings (SSSR count). The summed E-state index contributed by atoms with van der Waals surface area (Å²) in [5.41, 5.74) is 3.78. The predicted molar refractivity (Wildman–Crippen MR) is 84.0 cm³/mol. The lowest BCUT2D eigenvalue weighted by Crippen LogP contribution is -2.18. The van der Waals surface area contributed by atoms with Gasteiger partial charge in [0.05, 0.1) is 0 Å². The molecule has 1 heteroatoms. The summed E-state index contributed by atoms with van der Waals surface area (Å²) < 4.78 is 0. The van der Waals surface area contributed by atoms with Crippen LogP contribution >= 0.6 is 0 Å². The zero-order valence-electron chi connectivity index (χ0n) is 13.3. The summed E-state index contributed by atoms with van der Waals surface area (Å²) in [5, 5.41) is 10.2. The first kappa shape index (κ1) is 16.1. The van der Waals surface area contributed by atoms with E-state index in [9.17, 15) is 5.11 Å². The average Bonchev–Trinajstić information content (AvgIpc) is 2.39. The number of aromatic hydroxyl groups is 1. The highest BCUT2D eigenvalue weighted by Crippen LogP contribution is 2.35. The molecule has 19 heavy (non-hydrogen) atoms.